The zero-order valence-electron chi connectivity index (χ0n) is 24.7. The number of allylic oxidation sites excluding steroid dienone is 3. The lowest BCUT2D eigenvalue weighted by molar-refractivity contribution is 0.0596. The van der Waals surface area contributed by atoms with E-state index in [1.165, 1.54) is 10.5 Å². The Labute approximate surface area is 247 Å². The predicted octanol–water partition coefficient (Wildman–Crippen LogP) is 5.38. The van der Waals surface area contributed by atoms with Gasteiger partial charge in [0.2, 0.25) is 0 Å². The molecular weight excluding hydrogens is 524 g/mol. The monoisotopic (exact) mass is 564 g/mol. The molecule has 0 unspecified atom stereocenters. The number of nitrogens with one attached hydrogen (secondary N) is 1. The van der Waals surface area contributed by atoms with Gasteiger partial charge >= 0.3 is 0 Å². The number of benzene rings is 2. The number of hydrogen-bond acceptors (Lipinski definition) is 6. The van der Waals surface area contributed by atoms with Gasteiger partial charge in [0.1, 0.15) is 5.69 Å². The number of carbonyl (C=O) groups is 2. The van der Waals surface area contributed by atoms with Gasteiger partial charge in [-0.15, -0.1) is 11.7 Å². The third-order valence-corrected chi connectivity index (χ3v) is 9.68. The van der Waals surface area contributed by atoms with E-state index in [1.54, 1.807) is 4.68 Å². The van der Waals surface area contributed by atoms with Crippen molar-refractivity contribution in [1.29, 1.82) is 0 Å². The molecule has 0 radical (unpaired) electrons. The van der Waals surface area contributed by atoms with Crippen LogP contribution >= 0.6 is 0 Å². The zero-order chi connectivity index (χ0) is 29.6. The first-order valence-electron chi connectivity index (χ1n) is 14.9. The highest BCUT2D eigenvalue weighted by atomic mass is 16.2. The van der Waals surface area contributed by atoms with Crippen molar-refractivity contribution in [2.75, 3.05) is 31.1 Å². The standard InChI is InChI=1S/C34H40N6O2/c1-6-34(5)13-12-24(18-29(34)22(2)3)23(4)19-39-20-25(36-37-39)21-40-32(41)27-9-7-8-26-30(38-16-14-35-15-17-38)11-10-28(31(26)27)33(40)42/h6-11,20,24,29,35H,1-2,4,12-19,21H2,3,5H3/t24-,29+,34-/m1/s1. The van der Waals surface area contributed by atoms with E-state index in [-0.39, 0.29) is 23.8 Å². The van der Waals surface area contributed by atoms with Crippen LogP contribution in [-0.2, 0) is 13.1 Å². The Bertz CT molecular complexity index is 1580. The first-order chi connectivity index (χ1) is 20.2. The molecule has 3 heterocycles. The maximum atomic E-state index is 13.7. The molecule has 1 aromatic heterocycles. The fraction of sp³-hybridized carbons (Fsp3) is 0.412. The summed E-state index contributed by atoms with van der Waals surface area (Å²) >= 11 is 0. The molecule has 3 aromatic rings. The van der Waals surface area contributed by atoms with Crippen LogP contribution < -0.4 is 10.2 Å². The molecule has 1 saturated carbocycles. The molecule has 2 amide bonds. The summed E-state index contributed by atoms with van der Waals surface area (Å²) in [7, 11) is 0. The number of carbonyl (C=O) groups excluding carboxylic acids is 2. The van der Waals surface area contributed by atoms with Crippen molar-refractivity contribution >= 4 is 28.3 Å². The highest BCUT2D eigenvalue weighted by molar-refractivity contribution is 6.26. The molecule has 42 heavy (non-hydrogen) atoms. The first-order valence-corrected chi connectivity index (χ1v) is 14.9. The third kappa shape index (κ3) is 4.87. The molecule has 0 spiro atoms. The lowest BCUT2D eigenvalue weighted by Gasteiger charge is -2.43. The maximum absolute atomic E-state index is 13.7. The van der Waals surface area contributed by atoms with Gasteiger partial charge in [-0.25, -0.2) is 4.68 Å². The van der Waals surface area contributed by atoms with Crippen LogP contribution in [0.15, 0.2) is 73.5 Å². The smallest absolute Gasteiger partial charge is 0.261 e. The Kier molecular flexibility index (Phi) is 7.35. The molecule has 1 N–H and O–H groups in total. The van der Waals surface area contributed by atoms with Crippen molar-refractivity contribution in [3.8, 4) is 0 Å². The summed E-state index contributed by atoms with van der Waals surface area (Å²) in [6.07, 6.45) is 7.00. The summed E-state index contributed by atoms with van der Waals surface area (Å²) in [6.45, 7) is 21.3. The van der Waals surface area contributed by atoms with Crippen LogP contribution in [0.25, 0.3) is 10.8 Å². The summed E-state index contributed by atoms with van der Waals surface area (Å²) in [5.74, 6) is 0.134. The van der Waals surface area contributed by atoms with Crippen molar-refractivity contribution in [1.82, 2.24) is 25.2 Å². The number of nitrogens with zero attached hydrogens (tertiary/aromatic N) is 5. The normalized spacial score (nSPS) is 24.2. The lowest BCUT2D eigenvalue weighted by Crippen LogP contribution is -2.44. The molecule has 3 atom stereocenters. The molecule has 0 bridgehead atoms. The molecule has 2 fully saturated rings. The van der Waals surface area contributed by atoms with Crippen LogP contribution in [0, 0.1) is 17.3 Å². The van der Waals surface area contributed by atoms with E-state index in [4.69, 9.17) is 0 Å². The Balaban J connectivity index is 1.18. The van der Waals surface area contributed by atoms with E-state index in [0.29, 0.717) is 35.2 Å². The van der Waals surface area contributed by atoms with Crippen LogP contribution in [-0.4, -0.2) is 57.9 Å². The SMILES string of the molecule is C=C[C@]1(C)CC[C@@H](C(=C)Cn2cc(CN3C(=O)c4cccc5c(N6CCNCC6)ccc(c45)C3=O)nn2)C[C@H]1C(=C)C. The third-order valence-electron chi connectivity index (χ3n) is 9.68. The average molecular weight is 565 g/mol. The Morgan fingerprint density at radius 2 is 1.86 bits per heavy atom. The van der Waals surface area contributed by atoms with Crippen LogP contribution in [0.1, 0.15) is 59.5 Å². The van der Waals surface area contributed by atoms with Crippen molar-refractivity contribution < 1.29 is 9.59 Å². The summed E-state index contributed by atoms with van der Waals surface area (Å²) in [5.41, 5.74) is 5.09. The minimum Gasteiger partial charge on any atom is -0.368 e. The second-order valence-corrected chi connectivity index (χ2v) is 12.4. The molecule has 8 nitrogen and oxygen atoms in total. The van der Waals surface area contributed by atoms with E-state index in [1.807, 2.05) is 36.5 Å². The van der Waals surface area contributed by atoms with Gasteiger partial charge in [-0.05, 0) is 61.6 Å². The van der Waals surface area contributed by atoms with E-state index >= 15 is 0 Å². The van der Waals surface area contributed by atoms with E-state index in [0.717, 1.165) is 67.5 Å². The van der Waals surface area contributed by atoms with Gasteiger partial charge in [0.05, 0.1) is 19.3 Å². The van der Waals surface area contributed by atoms with Gasteiger partial charge in [-0.3, -0.25) is 14.5 Å². The van der Waals surface area contributed by atoms with Crippen molar-refractivity contribution in [2.45, 2.75) is 46.2 Å². The molecular formula is C34H40N6O2. The van der Waals surface area contributed by atoms with Crippen LogP contribution in [0.4, 0.5) is 5.69 Å². The fourth-order valence-corrected chi connectivity index (χ4v) is 7.15. The summed E-state index contributed by atoms with van der Waals surface area (Å²) in [4.78, 5) is 30.9. The average Bonchev–Trinajstić information content (AvgIpc) is 3.44. The molecule has 8 heteroatoms. The van der Waals surface area contributed by atoms with Crippen molar-refractivity contribution in [3.05, 3.63) is 90.3 Å². The molecule has 2 aliphatic heterocycles. The maximum Gasteiger partial charge on any atom is 0.261 e. The second kappa shape index (κ2) is 11.0. The van der Waals surface area contributed by atoms with Gasteiger partial charge in [0, 0.05) is 53.8 Å². The predicted molar refractivity (Wildman–Crippen MR) is 166 cm³/mol. The minimum atomic E-state index is -0.298. The number of imide groups is 1. The number of anilines is 1. The van der Waals surface area contributed by atoms with Crippen molar-refractivity contribution in [2.24, 2.45) is 17.3 Å². The highest BCUT2D eigenvalue weighted by Crippen LogP contribution is 2.49. The van der Waals surface area contributed by atoms with Gasteiger partial charge < -0.3 is 10.2 Å². The van der Waals surface area contributed by atoms with Gasteiger partial charge in [0.15, 0.2) is 0 Å². The molecule has 6 rings (SSSR count). The molecule has 218 valence electrons. The Morgan fingerprint density at radius 3 is 2.57 bits per heavy atom. The van der Waals surface area contributed by atoms with Gasteiger partial charge in [-0.2, -0.15) is 0 Å². The molecule has 1 aliphatic carbocycles. The number of rotatable bonds is 8. The molecule has 2 aromatic carbocycles. The molecule has 3 aliphatic rings. The fourth-order valence-electron chi connectivity index (χ4n) is 7.15. The first kappa shape index (κ1) is 28.1. The summed E-state index contributed by atoms with van der Waals surface area (Å²) in [6, 6.07) is 9.61. The number of hydrogen-bond donors (Lipinski definition) is 1. The number of amides is 2. The minimum absolute atomic E-state index is 0.0616. The zero-order valence-corrected chi connectivity index (χ0v) is 24.7. The van der Waals surface area contributed by atoms with Crippen LogP contribution in [0.5, 0.6) is 0 Å². The molecule has 1 saturated heterocycles. The topological polar surface area (TPSA) is 83.4 Å². The second-order valence-electron chi connectivity index (χ2n) is 12.4. The van der Waals surface area contributed by atoms with Crippen LogP contribution in [0.2, 0.25) is 0 Å². The summed E-state index contributed by atoms with van der Waals surface area (Å²) in [5, 5.41) is 13.7. The quantitative estimate of drug-likeness (QED) is 0.292. The van der Waals surface area contributed by atoms with Crippen molar-refractivity contribution in [3.63, 3.8) is 0 Å². The Hall–Kier alpha value is -4.04. The highest BCUT2D eigenvalue weighted by Gasteiger charge is 2.39. The number of aromatic nitrogens is 3. The Morgan fingerprint density at radius 1 is 1.12 bits per heavy atom. The summed E-state index contributed by atoms with van der Waals surface area (Å²) < 4.78 is 1.77. The van der Waals surface area contributed by atoms with E-state index < -0.39 is 0 Å². The van der Waals surface area contributed by atoms with Crippen LogP contribution in [0.3, 0.4) is 0 Å². The van der Waals surface area contributed by atoms with Gasteiger partial charge in [-0.1, -0.05) is 54.6 Å². The van der Waals surface area contributed by atoms with E-state index in [2.05, 4.69) is 60.2 Å². The lowest BCUT2D eigenvalue weighted by atomic mass is 9.61. The van der Waals surface area contributed by atoms with Gasteiger partial charge in [0.25, 0.3) is 11.8 Å². The van der Waals surface area contributed by atoms with E-state index in [9.17, 15) is 9.59 Å². The largest absolute Gasteiger partial charge is 0.368 e. The number of piperazine rings is 1.